The van der Waals surface area contributed by atoms with Gasteiger partial charge in [-0.15, -0.1) is 0 Å². The van der Waals surface area contributed by atoms with E-state index in [4.69, 9.17) is 5.73 Å². The Morgan fingerprint density at radius 2 is 2.00 bits per heavy atom. The molecule has 0 aliphatic heterocycles. The Kier molecular flexibility index (Phi) is 9.24. The molecule has 0 saturated carbocycles. The van der Waals surface area contributed by atoms with Crippen molar-refractivity contribution in [2.45, 2.75) is 45.1 Å². The lowest BCUT2D eigenvalue weighted by Gasteiger charge is -2.12. The number of nitrogens with two attached hydrogens (primary N) is 1. The number of hydrogen-bond donors (Lipinski definition) is 2. The van der Waals surface area contributed by atoms with Gasteiger partial charge in [-0.3, -0.25) is 4.79 Å². The molecule has 4 nitrogen and oxygen atoms in total. The van der Waals surface area contributed by atoms with Crippen LogP contribution < -0.4 is 11.1 Å². The van der Waals surface area contributed by atoms with Crippen LogP contribution in [0.2, 0.25) is 0 Å². The Bertz CT molecular complexity index is 183. The van der Waals surface area contributed by atoms with Gasteiger partial charge in [-0.2, -0.15) is 0 Å². The van der Waals surface area contributed by atoms with Crippen LogP contribution in [0, 0.1) is 0 Å². The topological polar surface area (TPSA) is 58.4 Å². The third kappa shape index (κ3) is 8.68. The SMILES string of the molecule is CCCC[C@H](N)C(=O)NCCCCN(C)C. The molecule has 1 atom stereocenters. The van der Waals surface area contributed by atoms with Crippen molar-refractivity contribution in [3.63, 3.8) is 0 Å². The Morgan fingerprint density at radius 1 is 1.31 bits per heavy atom. The zero-order chi connectivity index (χ0) is 12.4. The van der Waals surface area contributed by atoms with Gasteiger partial charge >= 0.3 is 0 Å². The molecule has 0 bridgehead atoms. The average Bonchev–Trinajstić information content (AvgIpc) is 2.24. The van der Waals surface area contributed by atoms with Crippen LogP contribution in [0.3, 0.4) is 0 Å². The highest BCUT2D eigenvalue weighted by molar-refractivity contribution is 5.81. The van der Waals surface area contributed by atoms with Crippen molar-refractivity contribution >= 4 is 5.91 Å². The van der Waals surface area contributed by atoms with E-state index in [9.17, 15) is 4.79 Å². The van der Waals surface area contributed by atoms with Crippen LogP contribution in [-0.2, 0) is 4.79 Å². The molecule has 96 valence electrons. The van der Waals surface area contributed by atoms with Crippen molar-refractivity contribution in [3.8, 4) is 0 Å². The molecular formula is C12H27N3O. The second-order valence-electron chi connectivity index (χ2n) is 4.55. The quantitative estimate of drug-likeness (QED) is 0.579. The van der Waals surface area contributed by atoms with Crippen LogP contribution in [-0.4, -0.2) is 44.0 Å². The molecule has 0 aromatic heterocycles. The maximum absolute atomic E-state index is 11.5. The minimum absolute atomic E-state index is 0.00157. The van der Waals surface area contributed by atoms with Crippen LogP contribution in [0.4, 0.5) is 0 Å². The minimum Gasteiger partial charge on any atom is -0.355 e. The third-order valence-electron chi connectivity index (χ3n) is 2.54. The van der Waals surface area contributed by atoms with Crippen LogP contribution in [0.1, 0.15) is 39.0 Å². The van der Waals surface area contributed by atoms with Crippen molar-refractivity contribution in [1.82, 2.24) is 10.2 Å². The summed E-state index contributed by atoms with van der Waals surface area (Å²) in [5.74, 6) is -0.00157. The summed E-state index contributed by atoms with van der Waals surface area (Å²) in [7, 11) is 4.11. The molecule has 0 spiro atoms. The van der Waals surface area contributed by atoms with Crippen molar-refractivity contribution in [2.24, 2.45) is 5.73 Å². The maximum Gasteiger partial charge on any atom is 0.236 e. The molecule has 0 unspecified atom stereocenters. The summed E-state index contributed by atoms with van der Waals surface area (Å²) in [4.78, 5) is 13.6. The normalized spacial score (nSPS) is 12.8. The second-order valence-corrected chi connectivity index (χ2v) is 4.55. The fourth-order valence-electron chi connectivity index (χ4n) is 1.45. The molecule has 0 aromatic rings. The van der Waals surface area contributed by atoms with Crippen LogP contribution >= 0.6 is 0 Å². The van der Waals surface area contributed by atoms with E-state index in [-0.39, 0.29) is 11.9 Å². The van der Waals surface area contributed by atoms with Gasteiger partial charge in [0, 0.05) is 6.54 Å². The smallest absolute Gasteiger partial charge is 0.236 e. The van der Waals surface area contributed by atoms with Gasteiger partial charge in [0.1, 0.15) is 0 Å². The summed E-state index contributed by atoms with van der Waals surface area (Å²) >= 11 is 0. The van der Waals surface area contributed by atoms with Gasteiger partial charge in [0.05, 0.1) is 6.04 Å². The molecule has 0 saturated heterocycles. The zero-order valence-corrected chi connectivity index (χ0v) is 11.0. The Morgan fingerprint density at radius 3 is 2.56 bits per heavy atom. The molecule has 0 rings (SSSR count). The fourth-order valence-corrected chi connectivity index (χ4v) is 1.45. The molecule has 0 fully saturated rings. The summed E-state index contributed by atoms with van der Waals surface area (Å²) < 4.78 is 0. The highest BCUT2D eigenvalue weighted by Crippen LogP contribution is 1.98. The lowest BCUT2D eigenvalue weighted by molar-refractivity contribution is -0.122. The molecule has 0 aromatic carbocycles. The standard InChI is InChI=1S/C12H27N3O/c1-4-5-8-11(13)12(16)14-9-6-7-10-15(2)3/h11H,4-10,13H2,1-3H3,(H,14,16)/t11-/m0/s1. The first-order chi connectivity index (χ1) is 7.57. The molecule has 1 amide bonds. The van der Waals surface area contributed by atoms with E-state index in [0.29, 0.717) is 0 Å². The highest BCUT2D eigenvalue weighted by Gasteiger charge is 2.11. The van der Waals surface area contributed by atoms with E-state index < -0.39 is 0 Å². The van der Waals surface area contributed by atoms with E-state index in [1.54, 1.807) is 0 Å². The Balaban J connectivity index is 3.42. The number of rotatable bonds is 9. The van der Waals surface area contributed by atoms with Crippen LogP contribution in [0.5, 0.6) is 0 Å². The van der Waals surface area contributed by atoms with Crippen LogP contribution in [0.15, 0.2) is 0 Å². The Labute approximate surface area is 99.6 Å². The van der Waals surface area contributed by atoms with E-state index in [0.717, 1.165) is 45.2 Å². The molecule has 0 radical (unpaired) electrons. The molecule has 4 heteroatoms. The number of carbonyl (C=O) groups excluding carboxylic acids is 1. The first-order valence-corrected chi connectivity index (χ1v) is 6.26. The highest BCUT2D eigenvalue weighted by atomic mass is 16.2. The first kappa shape index (κ1) is 15.4. The molecule has 3 N–H and O–H groups in total. The number of carbonyl (C=O) groups is 1. The molecule has 16 heavy (non-hydrogen) atoms. The summed E-state index contributed by atoms with van der Waals surface area (Å²) in [5, 5.41) is 2.88. The maximum atomic E-state index is 11.5. The largest absolute Gasteiger partial charge is 0.355 e. The number of unbranched alkanes of at least 4 members (excludes halogenated alkanes) is 2. The van der Waals surface area contributed by atoms with Crippen LogP contribution in [0.25, 0.3) is 0 Å². The predicted octanol–water partition coefficient (Wildman–Crippen LogP) is 0.962. The van der Waals surface area contributed by atoms with E-state index in [1.807, 2.05) is 0 Å². The lowest BCUT2D eigenvalue weighted by Crippen LogP contribution is -2.40. The van der Waals surface area contributed by atoms with Crippen molar-refractivity contribution in [3.05, 3.63) is 0 Å². The number of nitrogens with one attached hydrogen (secondary N) is 1. The first-order valence-electron chi connectivity index (χ1n) is 6.26. The molecule has 0 aliphatic rings. The van der Waals surface area contributed by atoms with Crippen molar-refractivity contribution < 1.29 is 4.79 Å². The van der Waals surface area contributed by atoms with Gasteiger partial charge < -0.3 is 16.0 Å². The number of nitrogens with zero attached hydrogens (tertiary/aromatic N) is 1. The van der Waals surface area contributed by atoms with Gasteiger partial charge in [0.2, 0.25) is 5.91 Å². The zero-order valence-electron chi connectivity index (χ0n) is 11.0. The van der Waals surface area contributed by atoms with E-state index >= 15 is 0 Å². The third-order valence-corrected chi connectivity index (χ3v) is 2.54. The molecule has 0 aliphatic carbocycles. The lowest BCUT2D eigenvalue weighted by atomic mass is 10.1. The summed E-state index contributed by atoms with van der Waals surface area (Å²) in [6.45, 7) is 3.91. The average molecular weight is 229 g/mol. The number of hydrogen-bond acceptors (Lipinski definition) is 3. The van der Waals surface area contributed by atoms with Gasteiger partial charge in [-0.05, 0) is 39.9 Å². The fraction of sp³-hybridized carbons (Fsp3) is 0.917. The predicted molar refractivity (Wildman–Crippen MR) is 68.3 cm³/mol. The van der Waals surface area contributed by atoms with Crippen molar-refractivity contribution in [2.75, 3.05) is 27.2 Å². The molecular weight excluding hydrogens is 202 g/mol. The molecule has 0 heterocycles. The van der Waals surface area contributed by atoms with Crippen molar-refractivity contribution in [1.29, 1.82) is 0 Å². The van der Waals surface area contributed by atoms with Gasteiger partial charge in [0.25, 0.3) is 0 Å². The number of amides is 1. The monoisotopic (exact) mass is 229 g/mol. The van der Waals surface area contributed by atoms with Gasteiger partial charge in [-0.25, -0.2) is 0 Å². The van der Waals surface area contributed by atoms with E-state index in [2.05, 4.69) is 31.2 Å². The van der Waals surface area contributed by atoms with E-state index in [1.165, 1.54) is 0 Å². The summed E-state index contributed by atoms with van der Waals surface area (Å²) in [6, 6.07) is -0.325. The summed E-state index contributed by atoms with van der Waals surface area (Å²) in [6.07, 6.45) is 5.03. The van der Waals surface area contributed by atoms with Gasteiger partial charge in [0.15, 0.2) is 0 Å². The minimum atomic E-state index is -0.325. The Hall–Kier alpha value is -0.610. The summed E-state index contributed by atoms with van der Waals surface area (Å²) in [5.41, 5.74) is 5.75. The second kappa shape index (κ2) is 9.60. The van der Waals surface area contributed by atoms with Gasteiger partial charge in [-0.1, -0.05) is 19.8 Å².